The highest BCUT2D eigenvalue weighted by atomic mass is 32.2. The van der Waals surface area contributed by atoms with Gasteiger partial charge in [-0.25, -0.2) is 8.42 Å². The van der Waals surface area contributed by atoms with E-state index in [2.05, 4.69) is 5.32 Å². The van der Waals surface area contributed by atoms with E-state index < -0.39 is 32.9 Å². The van der Waals surface area contributed by atoms with Gasteiger partial charge in [0.15, 0.2) is 0 Å². The van der Waals surface area contributed by atoms with Crippen LogP contribution in [0.25, 0.3) is 0 Å². The van der Waals surface area contributed by atoms with E-state index in [4.69, 9.17) is 4.74 Å². The third-order valence-corrected chi connectivity index (χ3v) is 5.59. The summed E-state index contributed by atoms with van der Waals surface area (Å²) < 4.78 is 30.9. The molecule has 2 aromatic carbocycles. The summed E-state index contributed by atoms with van der Waals surface area (Å²) in [5, 5.41) is 13.8. The zero-order valence-corrected chi connectivity index (χ0v) is 17.3. The Balaban J connectivity index is 2.32. The monoisotopic (exact) mass is 421 g/mol. The average molecular weight is 421 g/mol. The lowest BCUT2D eigenvalue weighted by Gasteiger charge is -2.29. The maximum absolute atomic E-state index is 12.8. The van der Waals surface area contributed by atoms with E-state index in [9.17, 15) is 23.3 Å². The van der Waals surface area contributed by atoms with E-state index in [0.717, 1.165) is 22.2 Å². The molecule has 1 amide bonds. The Hall–Kier alpha value is -3.14. The summed E-state index contributed by atoms with van der Waals surface area (Å²) in [5.41, 5.74) is 0.497. The molecule has 1 N–H and O–H groups in total. The molecule has 0 saturated heterocycles. The first-order chi connectivity index (χ1) is 13.6. The van der Waals surface area contributed by atoms with Gasteiger partial charge in [0.1, 0.15) is 11.8 Å². The highest BCUT2D eigenvalue weighted by Crippen LogP contribution is 2.27. The number of hydrogen-bond donors (Lipinski definition) is 1. The van der Waals surface area contributed by atoms with Crippen LogP contribution in [0.3, 0.4) is 0 Å². The Morgan fingerprint density at radius 1 is 1.17 bits per heavy atom. The predicted molar refractivity (Wildman–Crippen MR) is 109 cm³/mol. The standard InChI is InChI=1S/C19H23N3O6S/c1-13(17-10-5-6-11-18(17)28-3)20-19(23)14(2)21(29(4,26)27)15-8-7-9-16(12-15)22(24)25/h5-14H,1-4H3,(H,20,23)/t13-,14+/m0/s1. The number of nitrogens with zero attached hydrogens (tertiary/aromatic N) is 2. The molecule has 0 bridgehead atoms. The number of nitro benzene ring substituents is 1. The number of carbonyl (C=O) groups excluding carboxylic acids is 1. The first-order valence-electron chi connectivity index (χ1n) is 8.73. The molecular formula is C19H23N3O6S. The second-order valence-corrected chi connectivity index (χ2v) is 8.34. The molecule has 0 spiro atoms. The van der Waals surface area contributed by atoms with Crippen LogP contribution in [0.1, 0.15) is 25.5 Å². The molecule has 10 heteroatoms. The Bertz CT molecular complexity index is 1010. The number of methoxy groups -OCH3 is 1. The zero-order chi connectivity index (χ0) is 21.8. The van der Waals surface area contributed by atoms with Crippen LogP contribution >= 0.6 is 0 Å². The quantitative estimate of drug-likeness (QED) is 0.517. The van der Waals surface area contributed by atoms with Crippen molar-refractivity contribution in [2.75, 3.05) is 17.7 Å². The van der Waals surface area contributed by atoms with Gasteiger partial charge in [0, 0.05) is 17.7 Å². The molecule has 0 aliphatic rings. The van der Waals surface area contributed by atoms with Crippen LogP contribution in [-0.4, -0.2) is 38.7 Å². The third kappa shape index (κ3) is 5.23. The Labute approximate surface area is 169 Å². The molecule has 0 aromatic heterocycles. The molecule has 0 heterocycles. The number of rotatable bonds is 8. The molecule has 29 heavy (non-hydrogen) atoms. The number of nitro groups is 1. The van der Waals surface area contributed by atoms with E-state index in [-0.39, 0.29) is 11.4 Å². The van der Waals surface area contributed by atoms with Gasteiger partial charge in [-0.2, -0.15) is 0 Å². The van der Waals surface area contributed by atoms with Crippen LogP contribution in [0.4, 0.5) is 11.4 Å². The Morgan fingerprint density at radius 2 is 1.83 bits per heavy atom. The fourth-order valence-electron chi connectivity index (χ4n) is 2.99. The molecule has 0 radical (unpaired) electrons. The lowest BCUT2D eigenvalue weighted by Crippen LogP contribution is -2.48. The average Bonchev–Trinajstić information content (AvgIpc) is 2.66. The fourth-order valence-corrected chi connectivity index (χ4v) is 4.16. The molecule has 0 unspecified atom stereocenters. The smallest absolute Gasteiger partial charge is 0.271 e. The molecule has 2 rings (SSSR count). The van der Waals surface area contributed by atoms with Crippen LogP contribution in [0, 0.1) is 10.1 Å². The van der Waals surface area contributed by atoms with Gasteiger partial charge >= 0.3 is 0 Å². The van der Waals surface area contributed by atoms with Crippen molar-refractivity contribution < 1.29 is 22.9 Å². The van der Waals surface area contributed by atoms with Crippen molar-refractivity contribution in [2.45, 2.75) is 25.9 Å². The lowest BCUT2D eigenvalue weighted by atomic mass is 10.1. The van der Waals surface area contributed by atoms with E-state index in [1.165, 1.54) is 32.2 Å². The summed E-state index contributed by atoms with van der Waals surface area (Å²) in [6.45, 7) is 3.17. The van der Waals surface area contributed by atoms with Crippen LogP contribution in [0.15, 0.2) is 48.5 Å². The van der Waals surface area contributed by atoms with Gasteiger partial charge in [-0.15, -0.1) is 0 Å². The number of ether oxygens (including phenoxy) is 1. The van der Waals surface area contributed by atoms with Gasteiger partial charge in [0.2, 0.25) is 15.9 Å². The minimum Gasteiger partial charge on any atom is -0.496 e. The highest BCUT2D eigenvalue weighted by molar-refractivity contribution is 7.92. The first kappa shape index (κ1) is 22.2. The maximum atomic E-state index is 12.8. The van der Waals surface area contributed by atoms with Crippen molar-refractivity contribution in [3.8, 4) is 5.75 Å². The van der Waals surface area contributed by atoms with Crippen LogP contribution < -0.4 is 14.4 Å². The first-order valence-corrected chi connectivity index (χ1v) is 10.6. The van der Waals surface area contributed by atoms with Gasteiger partial charge < -0.3 is 10.1 Å². The molecule has 0 fully saturated rings. The molecular weight excluding hydrogens is 398 g/mol. The number of non-ortho nitro benzene ring substituents is 1. The zero-order valence-electron chi connectivity index (χ0n) is 16.5. The van der Waals surface area contributed by atoms with Crippen molar-refractivity contribution in [3.05, 3.63) is 64.2 Å². The molecule has 0 saturated carbocycles. The normalized spacial score (nSPS) is 13.2. The second kappa shape index (κ2) is 8.91. The minimum absolute atomic E-state index is 0.0364. The summed E-state index contributed by atoms with van der Waals surface area (Å²) in [4.78, 5) is 23.2. The molecule has 156 valence electrons. The fraction of sp³-hybridized carbons (Fsp3) is 0.316. The maximum Gasteiger partial charge on any atom is 0.271 e. The van der Waals surface area contributed by atoms with Crippen molar-refractivity contribution in [3.63, 3.8) is 0 Å². The largest absolute Gasteiger partial charge is 0.496 e. The van der Waals surface area contributed by atoms with Crippen molar-refractivity contribution in [1.82, 2.24) is 5.32 Å². The summed E-state index contributed by atoms with van der Waals surface area (Å²) in [7, 11) is -2.38. The number of hydrogen-bond acceptors (Lipinski definition) is 6. The number of amides is 1. The van der Waals surface area contributed by atoms with Crippen molar-refractivity contribution in [1.29, 1.82) is 0 Å². The molecule has 9 nitrogen and oxygen atoms in total. The van der Waals surface area contributed by atoms with E-state index in [1.807, 2.05) is 0 Å². The second-order valence-electron chi connectivity index (χ2n) is 6.48. The number of benzene rings is 2. The summed E-state index contributed by atoms with van der Waals surface area (Å²) in [5.74, 6) is 0.0342. The van der Waals surface area contributed by atoms with Crippen molar-refractivity contribution in [2.24, 2.45) is 0 Å². The molecule has 2 aromatic rings. The lowest BCUT2D eigenvalue weighted by molar-refractivity contribution is -0.384. The van der Waals surface area contributed by atoms with Crippen LogP contribution in [0.5, 0.6) is 5.75 Å². The van der Waals surface area contributed by atoms with E-state index >= 15 is 0 Å². The summed E-state index contributed by atoms with van der Waals surface area (Å²) in [6.07, 6.45) is 0.944. The van der Waals surface area contributed by atoms with Gasteiger partial charge in [0.05, 0.1) is 30.0 Å². The topological polar surface area (TPSA) is 119 Å². The number of nitrogens with one attached hydrogen (secondary N) is 1. The summed E-state index contributed by atoms with van der Waals surface area (Å²) >= 11 is 0. The van der Waals surface area contributed by atoms with Gasteiger partial charge in [-0.05, 0) is 26.0 Å². The van der Waals surface area contributed by atoms with Gasteiger partial charge in [-0.1, -0.05) is 24.3 Å². The van der Waals surface area contributed by atoms with Gasteiger partial charge in [0.25, 0.3) is 5.69 Å². The minimum atomic E-state index is -3.89. The van der Waals surface area contributed by atoms with Crippen LogP contribution in [-0.2, 0) is 14.8 Å². The Kier molecular flexibility index (Phi) is 6.80. The van der Waals surface area contributed by atoms with Crippen molar-refractivity contribution >= 4 is 27.3 Å². The number of carbonyl (C=O) groups is 1. The van der Waals surface area contributed by atoms with Gasteiger partial charge in [-0.3, -0.25) is 19.2 Å². The molecule has 0 aliphatic heterocycles. The summed E-state index contributed by atoms with van der Waals surface area (Å²) in [6, 6.07) is 10.7. The SMILES string of the molecule is COc1ccccc1[C@H](C)NC(=O)[C@@H](C)N(c1cccc([N+](=O)[O-])c1)S(C)(=O)=O. The third-order valence-electron chi connectivity index (χ3n) is 4.35. The van der Waals surface area contributed by atoms with Crippen LogP contribution in [0.2, 0.25) is 0 Å². The predicted octanol–water partition coefficient (Wildman–Crippen LogP) is 2.64. The van der Waals surface area contributed by atoms with E-state index in [0.29, 0.717) is 5.75 Å². The highest BCUT2D eigenvalue weighted by Gasteiger charge is 2.31. The number of sulfonamides is 1. The molecule has 0 aliphatic carbocycles. The number of anilines is 1. The van der Waals surface area contributed by atoms with E-state index in [1.54, 1.807) is 31.2 Å². The Morgan fingerprint density at radius 3 is 2.41 bits per heavy atom. The molecule has 2 atom stereocenters. The number of para-hydroxylation sites is 1.